The van der Waals surface area contributed by atoms with Gasteiger partial charge in [0.1, 0.15) is 6.33 Å². The average molecular weight is 244 g/mol. The Bertz CT molecular complexity index is 538. The lowest BCUT2D eigenvalue weighted by Gasteiger charge is -2.24. The van der Waals surface area contributed by atoms with Crippen LogP contribution in [0.4, 0.5) is 0 Å². The molecule has 4 heteroatoms. The summed E-state index contributed by atoms with van der Waals surface area (Å²) < 4.78 is 1.94. The minimum Gasteiger partial charge on any atom is -0.317 e. The fourth-order valence-electron chi connectivity index (χ4n) is 2.72. The Kier molecular flexibility index (Phi) is 3.04. The van der Waals surface area contributed by atoms with Crippen LogP contribution in [0, 0.1) is 0 Å². The first-order valence-corrected chi connectivity index (χ1v) is 6.79. The van der Waals surface area contributed by atoms with Crippen LogP contribution < -0.4 is 5.32 Å². The van der Waals surface area contributed by atoms with E-state index < -0.39 is 0 Å². The topological polar surface area (TPSA) is 42.2 Å². The summed E-state index contributed by atoms with van der Waals surface area (Å²) in [7, 11) is 0. The van der Waals surface area contributed by atoms with Gasteiger partial charge in [-0.05, 0) is 49.4 Å². The molecule has 4 nitrogen and oxygen atoms in total. The molecular formula is C14H20N4. The smallest absolute Gasteiger partial charge is 0.158 e. The largest absolute Gasteiger partial charge is 0.317 e. The van der Waals surface area contributed by atoms with Crippen LogP contribution in [0.5, 0.6) is 0 Å². The molecule has 1 fully saturated rings. The van der Waals surface area contributed by atoms with E-state index in [2.05, 4.69) is 41.5 Å². The summed E-state index contributed by atoms with van der Waals surface area (Å²) in [5.41, 5.74) is 3.76. The lowest BCUT2D eigenvalue weighted by molar-refractivity contribution is 0.460. The van der Waals surface area contributed by atoms with Crippen molar-refractivity contribution in [3.8, 4) is 0 Å². The van der Waals surface area contributed by atoms with Crippen molar-refractivity contribution in [2.45, 2.75) is 38.5 Å². The summed E-state index contributed by atoms with van der Waals surface area (Å²) in [6, 6.07) is 2.34. The zero-order chi connectivity index (χ0) is 12.5. The van der Waals surface area contributed by atoms with E-state index in [9.17, 15) is 0 Å². The van der Waals surface area contributed by atoms with E-state index in [1.807, 2.05) is 4.52 Å². The highest BCUT2D eigenvalue weighted by Gasteiger charge is 2.20. The monoisotopic (exact) mass is 244 g/mol. The zero-order valence-corrected chi connectivity index (χ0v) is 11.1. The van der Waals surface area contributed by atoms with E-state index in [0.29, 0.717) is 11.8 Å². The summed E-state index contributed by atoms with van der Waals surface area (Å²) in [5.74, 6) is 1.15. The summed E-state index contributed by atoms with van der Waals surface area (Å²) in [6.45, 7) is 6.67. The van der Waals surface area contributed by atoms with Crippen LogP contribution in [0.3, 0.4) is 0 Å². The molecular weight excluding hydrogens is 224 g/mol. The minimum atomic E-state index is 0.527. The molecule has 96 valence electrons. The van der Waals surface area contributed by atoms with Crippen LogP contribution in [-0.4, -0.2) is 27.7 Å². The number of pyridine rings is 1. The molecule has 1 N–H and O–H groups in total. The molecule has 0 aliphatic carbocycles. The molecule has 1 aliphatic rings. The number of piperidine rings is 1. The Morgan fingerprint density at radius 2 is 2.11 bits per heavy atom. The summed E-state index contributed by atoms with van der Waals surface area (Å²) >= 11 is 0. The van der Waals surface area contributed by atoms with Gasteiger partial charge in [0.15, 0.2) is 5.65 Å². The van der Waals surface area contributed by atoms with Crippen molar-refractivity contribution < 1.29 is 0 Å². The zero-order valence-electron chi connectivity index (χ0n) is 11.1. The van der Waals surface area contributed by atoms with Gasteiger partial charge < -0.3 is 5.32 Å². The Balaban J connectivity index is 2.09. The van der Waals surface area contributed by atoms with E-state index in [0.717, 1.165) is 18.7 Å². The third-order valence-corrected chi connectivity index (χ3v) is 3.87. The molecule has 0 spiro atoms. The van der Waals surface area contributed by atoms with Gasteiger partial charge in [-0.25, -0.2) is 9.50 Å². The van der Waals surface area contributed by atoms with Crippen LogP contribution in [0.25, 0.3) is 5.65 Å². The number of hydrogen-bond donors (Lipinski definition) is 1. The van der Waals surface area contributed by atoms with Crippen molar-refractivity contribution in [2.24, 2.45) is 0 Å². The van der Waals surface area contributed by atoms with Crippen LogP contribution in [-0.2, 0) is 0 Å². The maximum Gasteiger partial charge on any atom is 0.158 e. The van der Waals surface area contributed by atoms with Gasteiger partial charge in [-0.3, -0.25) is 0 Å². The van der Waals surface area contributed by atoms with E-state index in [1.165, 1.54) is 24.0 Å². The first-order valence-electron chi connectivity index (χ1n) is 6.79. The molecule has 3 rings (SSSR count). The maximum absolute atomic E-state index is 4.43. The number of fused-ring (bicyclic) bond motifs is 1. The predicted molar refractivity (Wildman–Crippen MR) is 71.9 cm³/mol. The first-order chi connectivity index (χ1) is 8.75. The first kappa shape index (κ1) is 11.7. The Hall–Kier alpha value is -1.42. The summed E-state index contributed by atoms with van der Waals surface area (Å²) in [5, 5.41) is 7.73. The van der Waals surface area contributed by atoms with Gasteiger partial charge >= 0.3 is 0 Å². The molecule has 0 amide bonds. The summed E-state index contributed by atoms with van der Waals surface area (Å²) in [6.07, 6.45) is 6.16. The second-order valence-electron chi connectivity index (χ2n) is 5.44. The van der Waals surface area contributed by atoms with Gasteiger partial charge in [0.25, 0.3) is 0 Å². The molecule has 18 heavy (non-hydrogen) atoms. The third-order valence-electron chi connectivity index (χ3n) is 3.87. The standard InChI is InChI=1S/C14H20N4/c1-10(2)12-7-13(11-3-5-15-6-4-11)14-16-9-17-18(14)8-12/h7-11,15H,3-6H2,1-2H3. The molecule has 0 radical (unpaired) electrons. The molecule has 0 atom stereocenters. The van der Waals surface area contributed by atoms with Crippen molar-refractivity contribution in [3.63, 3.8) is 0 Å². The molecule has 3 heterocycles. The second-order valence-corrected chi connectivity index (χ2v) is 5.44. The van der Waals surface area contributed by atoms with Crippen LogP contribution in [0.1, 0.15) is 49.7 Å². The normalized spacial score (nSPS) is 17.7. The van der Waals surface area contributed by atoms with Gasteiger partial charge in [0, 0.05) is 11.8 Å². The molecule has 1 saturated heterocycles. The van der Waals surface area contributed by atoms with Crippen molar-refractivity contribution in [2.75, 3.05) is 13.1 Å². The molecule has 1 aliphatic heterocycles. The number of hydrogen-bond acceptors (Lipinski definition) is 3. The highest BCUT2D eigenvalue weighted by molar-refractivity contribution is 5.50. The number of aromatic nitrogens is 3. The van der Waals surface area contributed by atoms with Crippen molar-refractivity contribution in [1.29, 1.82) is 0 Å². The Morgan fingerprint density at radius 3 is 2.83 bits per heavy atom. The molecule has 0 aromatic carbocycles. The molecule has 2 aromatic rings. The van der Waals surface area contributed by atoms with Crippen molar-refractivity contribution in [3.05, 3.63) is 29.7 Å². The lowest BCUT2D eigenvalue weighted by Crippen LogP contribution is -2.27. The van der Waals surface area contributed by atoms with Gasteiger partial charge in [0.2, 0.25) is 0 Å². The highest BCUT2D eigenvalue weighted by Crippen LogP contribution is 2.30. The van der Waals surface area contributed by atoms with E-state index in [4.69, 9.17) is 0 Å². The van der Waals surface area contributed by atoms with E-state index >= 15 is 0 Å². The third kappa shape index (κ3) is 2.01. The fraction of sp³-hybridized carbons (Fsp3) is 0.571. The van der Waals surface area contributed by atoms with Gasteiger partial charge in [-0.1, -0.05) is 13.8 Å². The minimum absolute atomic E-state index is 0.527. The van der Waals surface area contributed by atoms with Gasteiger partial charge in [-0.15, -0.1) is 0 Å². The van der Waals surface area contributed by atoms with Crippen molar-refractivity contribution >= 4 is 5.65 Å². The lowest BCUT2D eigenvalue weighted by atomic mass is 9.89. The van der Waals surface area contributed by atoms with Gasteiger partial charge in [0.05, 0.1) is 0 Å². The quantitative estimate of drug-likeness (QED) is 0.881. The SMILES string of the molecule is CC(C)c1cc(C2CCNCC2)c2ncnn2c1. The maximum atomic E-state index is 4.43. The van der Waals surface area contributed by atoms with Crippen LogP contribution in [0.2, 0.25) is 0 Å². The Labute approximate surface area is 107 Å². The van der Waals surface area contributed by atoms with Crippen LogP contribution in [0.15, 0.2) is 18.6 Å². The number of nitrogens with one attached hydrogen (secondary N) is 1. The van der Waals surface area contributed by atoms with E-state index in [-0.39, 0.29) is 0 Å². The number of rotatable bonds is 2. The molecule has 0 unspecified atom stereocenters. The Morgan fingerprint density at radius 1 is 1.33 bits per heavy atom. The fourth-order valence-corrected chi connectivity index (χ4v) is 2.72. The van der Waals surface area contributed by atoms with E-state index in [1.54, 1.807) is 6.33 Å². The number of nitrogens with zero attached hydrogens (tertiary/aromatic N) is 3. The summed E-state index contributed by atoms with van der Waals surface area (Å²) in [4.78, 5) is 4.43. The molecule has 2 aromatic heterocycles. The second kappa shape index (κ2) is 4.69. The van der Waals surface area contributed by atoms with Crippen molar-refractivity contribution in [1.82, 2.24) is 19.9 Å². The average Bonchev–Trinajstić information content (AvgIpc) is 2.86. The van der Waals surface area contributed by atoms with Gasteiger partial charge in [-0.2, -0.15) is 5.10 Å². The molecule has 0 bridgehead atoms. The molecule has 0 saturated carbocycles. The highest BCUT2D eigenvalue weighted by atomic mass is 15.3. The predicted octanol–water partition coefficient (Wildman–Crippen LogP) is 2.32. The van der Waals surface area contributed by atoms with Crippen LogP contribution >= 0.6 is 0 Å².